The number of piperidine rings is 1. The molecule has 106 valence electrons. The quantitative estimate of drug-likeness (QED) is 0.924. The van der Waals surface area contributed by atoms with Crippen molar-refractivity contribution in [1.29, 1.82) is 0 Å². The average Bonchev–Trinajstić information content (AvgIpc) is 2.38. The minimum Gasteiger partial charge on any atom is -0.389 e. The predicted octanol–water partition coefficient (Wildman–Crippen LogP) is 3.03. The SMILES string of the molecule is CC(O)c1ccc(Br)cc1N1CCCC(N(C)C)C1. The third-order valence-electron chi connectivity index (χ3n) is 3.91. The van der Waals surface area contributed by atoms with Crippen molar-refractivity contribution >= 4 is 21.6 Å². The van der Waals surface area contributed by atoms with Gasteiger partial charge in [0.25, 0.3) is 0 Å². The first-order chi connectivity index (χ1) is 8.99. The van der Waals surface area contributed by atoms with Crippen LogP contribution in [0, 0.1) is 0 Å². The lowest BCUT2D eigenvalue weighted by Crippen LogP contribution is -2.45. The Hall–Kier alpha value is -0.580. The summed E-state index contributed by atoms with van der Waals surface area (Å²) in [6, 6.07) is 6.73. The minimum absolute atomic E-state index is 0.428. The fraction of sp³-hybridized carbons (Fsp3) is 0.600. The number of likely N-dealkylation sites (N-methyl/N-ethyl adjacent to an activating group) is 1. The van der Waals surface area contributed by atoms with Crippen molar-refractivity contribution < 1.29 is 5.11 Å². The molecule has 0 radical (unpaired) electrons. The first-order valence-electron chi connectivity index (χ1n) is 6.88. The topological polar surface area (TPSA) is 26.7 Å². The monoisotopic (exact) mass is 326 g/mol. The van der Waals surface area contributed by atoms with Crippen LogP contribution in [0.3, 0.4) is 0 Å². The van der Waals surface area contributed by atoms with Crippen LogP contribution < -0.4 is 4.90 Å². The summed E-state index contributed by atoms with van der Waals surface area (Å²) in [5, 5.41) is 9.95. The summed E-state index contributed by atoms with van der Waals surface area (Å²) in [5.74, 6) is 0. The van der Waals surface area contributed by atoms with Crippen molar-refractivity contribution in [1.82, 2.24) is 4.90 Å². The van der Waals surface area contributed by atoms with Crippen LogP contribution in [0.5, 0.6) is 0 Å². The molecule has 1 aliphatic rings. The van der Waals surface area contributed by atoms with E-state index in [1.54, 1.807) is 0 Å². The van der Waals surface area contributed by atoms with E-state index in [9.17, 15) is 5.11 Å². The van der Waals surface area contributed by atoms with Gasteiger partial charge in [0.05, 0.1) is 6.10 Å². The van der Waals surface area contributed by atoms with Gasteiger partial charge in [0, 0.05) is 34.9 Å². The van der Waals surface area contributed by atoms with Gasteiger partial charge < -0.3 is 14.9 Å². The van der Waals surface area contributed by atoms with Crippen molar-refractivity contribution in [2.45, 2.75) is 31.9 Å². The van der Waals surface area contributed by atoms with Crippen LogP contribution in [0.1, 0.15) is 31.4 Å². The number of aliphatic hydroxyl groups excluding tert-OH is 1. The zero-order chi connectivity index (χ0) is 14.0. The Morgan fingerprint density at radius 3 is 2.79 bits per heavy atom. The molecule has 1 aliphatic heterocycles. The predicted molar refractivity (Wildman–Crippen MR) is 83.7 cm³/mol. The molecule has 0 saturated carbocycles. The second-order valence-corrected chi connectivity index (χ2v) is 6.50. The Labute approximate surface area is 124 Å². The summed E-state index contributed by atoms with van der Waals surface area (Å²) in [4.78, 5) is 4.70. The fourth-order valence-corrected chi connectivity index (χ4v) is 3.09. The molecule has 0 aromatic heterocycles. The van der Waals surface area contributed by atoms with Crippen molar-refractivity contribution in [3.8, 4) is 0 Å². The Morgan fingerprint density at radius 1 is 1.42 bits per heavy atom. The van der Waals surface area contributed by atoms with E-state index < -0.39 is 6.10 Å². The molecule has 0 aliphatic carbocycles. The molecule has 2 atom stereocenters. The van der Waals surface area contributed by atoms with E-state index in [1.165, 1.54) is 12.8 Å². The van der Waals surface area contributed by atoms with Crippen LogP contribution in [0.2, 0.25) is 0 Å². The van der Waals surface area contributed by atoms with Crippen LogP contribution in [-0.4, -0.2) is 43.2 Å². The smallest absolute Gasteiger partial charge is 0.0782 e. The molecule has 1 aromatic carbocycles. The molecule has 19 heavy (non-hydrogen) atoms. The van der Waals surface area contributed by atoms with Gasteiger partial charge in [0.2, 0.25) is 0 Å². The van der Waals surface area contributed by atoms with Gasteiger partial charge in [-0.15, -0.1) is 0 Å². The second kappa shape index (κ2) is 6.25. The minimum atomic E-state index is -0.428. The van der Waals surface area contributed by atoms with E-state index >= 15 is 0 Å². The second-order valence-electron chi connectivity index (χ2n) is 5.58. The summed E-state index contributed by atoms with van der Waals surface area (Å²) in [6.07, 6.45) is 2.03. The summed E-state index contributed by atoms with van der Waals surface area (Å²) < 4.78 is 1.07. The molecule has 1 aromatic rings. The van der Waals surface area contributed by atoms with Gasteiger partial charge in [-0.1, -0.05) is 22.0 Å². The Balaban J connectivity index is 2.27. The number of aliphatic hydroxyl groups is 1. The molecular weight excluding hydrogens is 304 g/mol. The lowest BCUT2D eigenvalue weighted by molar-refractivity contribution is 0.199. The first kappa shape index (κ1) is 14.8. The van der Waals surface area contributed by atoms with Gasteiger partial charge in [-0.25, -0.2) is 0 Å². The number of nitrogens with zero attached hydrogens (tertiary/aromatic N) is 2. The summed E-state index contributed by atoms with van der Waals surface area (Å²) in [5.41, 5.74) is 2.18. The molecule has 1 fully saturated rings. The molecule has 0 amide bonds. The van der Waals surface area contributed by atoms with Crippen molar-refractivity contribution in [2.75, 3.05) is 32.1 Å². The number of benzene rings is 1. The zero-order valence-electron chi connectivity index (χ0n) is 11.9. The van der Waals surface area contributed by atoms with Gasteiger partial charge in [0.1, 0.15) is 0 Å². The van der Waals surface area contributed by atoms with Gasteiger partial charge >= 0.3 is 0 Å². The largest absolute Gasteiger partial charge is 0.389 e. The molecule has 4 heteroatoms. The van der Waals surface area contributed by atoms with E-state index in [0.717, 1.165) is 28.8 Å². The molecule has 3 nitrogen and oxygen atoms in total. The molecule has 0 spiro atoms. The number of hydrogen-bond acceptors (Lipinski definition) is 3. The third kappa shape index (κ3) is 3.50. The number of hydrogen-bond donors (Lipinski definition) is 1. The van der Waals surface area contributed by atoms with Crippen molar-refractivity contribution in [3.05, 3.63) is 28.2 Å². The van der Waals surface area contributed by atoms with Gasteiger partial charge in [-0.05, 0) is 46.0 Å². The van der Waals surface area contributed by atoms with Crippen LogP contribution in [0.4, 0.5) is 5.69 Å². The maximum absolute atomic E-state index is 9.95. The van der Waals surface area contributed by atoms with Crippen LogP contribution in [0.15, 0.2) is 22.7 Å². The zero-order valence-corrected chi connectivity index (χ0v) is 13.5. The van der Waals surface area contributed by atoms with Gasteiger partial charge in [-0.3, -0.25) is 0 Å². The highest BCUT2D eigenvalue weighted by Gasteiger charge is 2.24. The number of rotatable bonds is 3. The molecule has 0 bridgehead atoms. The lowest BCUT2D eigenvalue weighted by Gasteiger charge is -2.38. The van der Waals surface area contributed by atoms with Crippen LogP contribution in [-0.2, 0) is 0 Å². The Bertz CT molecular complexity index is 434. The van der Waals surface area contributed by atoms with Crippen molar-refractivity contribution in [3.63, 3.8) is 0 Å². The molecule has 1 saturated heterocycles. The molecular formula is C15H23BrN2O. The van der Waals surface area contributed by atoms with E-state index in [1.807, 2.05) is 19.1 Å². The van der Waals surface area contributed by atoms with E-state index in [2.05, 4.69) is 45.9 Å². The fourth-order valence-electron chi connectivity index (χ4n) is 2.74. The first-order valence-corrected chi connectivity index (χ1v) is 7.67. The maximum atomic E-state index is 9.95. The summed E-state index contributed by atoms with van der Waals surface area (Å²) in [6.45, 7) is 3.93. The molecule has 1 heterocycles. The van der Waals surface area contributed by atoms with E-state index in [4.69, 9.17) is 0 Å². The number of halogens is 1. The van der Waals surface area contributed by atoms with E-state index in [0.29, 0.717) is 6.04 Å². The van der Waals surface area contributed by atoms with Gasteiger partial charge in [-0.2, -0.15) is 0 Å². The van der Waals surface area contributed by atoms with Crippen LogP contribution in [0.25, 0.3) is 0 Å². The molecule has 1 N–H and O–H groups in total. The van der Waals surface area contributed by atoms with Gasteiger partial charge in [0.15, 0.2) is 0 Å². The Kier molecular flexibility index (Phi) is 4.87. The van der Waals surface area contributed by atoms with Crippen LogP contribution >= 0.6 is 15.9 Å². The maximum Gasteiger partial charge on any atom is 0.0782 e. The highest BCUT2D eigenvalue weighted by molar-refractivity contribution is 9.10. The standard InChI is InChI=1S/C15H23BrN2O/c1-11(19)14-7-6-12(16)9-15(14)18-8-4-5-13(10-18)17(2)3/h6-7,9,11,13,19H,4-5,8,10H2,1-3H3. The summed E-state index contributed by atoms with van der Waals surface area (Å²) in [7, 11) is 4.29. The average molecular weight is 327 g/mol. The molecule has 2 unspecified atom stereocenters. The normalized spacial score (nSPS) is 21.8. The summed E-state index contributed by atoms with van der Waals surface area (Å²) >= 11 is 3.54. The number of anilines is 1. The van der Waals surface area contributed by atoms with E-state index in [-0.39, 0.29) is 0 Å². The Morgan fingerprint density at radius 2 is 2.16 bits per heavy atom. The highest BCUT2D eigenvalue weighted by atomic mass is 79.9. The highest BCUT2D eigenvalue weighted by Crippen LogP contribution is 2.32. The third-order valence-corrected chi connectivity index (χ3v) is 4.40. The molecule has 2 rings (SSSR count). The van der Waals surface area contributed by atoms with Crippen molar-refractivity contribution in [2.24, 2.45) is 0 Å². The lowest BCUT2D eigenvalue weighted by atomic mass is 10.0.